The van der Waals surface area contributed by atoms with Gasteiger partial charge in [-0.05, 0) is 44.7 Å². The van der Waals surface area contributed by atoms with Crippen LogP contribution in [0.2, 0.25) is 0 Å². The lowest BCUT2D eigenvalue weighted by Gasteiger charge is -2.41. The second-order valence-electron chi connectivity index (χ2n) is 8.71. The van der Waals surface area contributed by atoms with Crippen LogP contribution in [0.3, 0.4) is 0 Å². The minimum Gasteiger partial charge on any atom is -0.465 e. The first-order valence-electron chi connectivity index (χ1n) is 11.0. The van der Waals surface area contributed by atoms with E-state index in [0.717, 1.165) is 48.1 Å². The third kappa shape index (κ3) is 3.74. The van der Waals surface area contributed by atoms with Crippen LogP contribution in [0.1, 0.15) is 43.6 Å². The van der Waals surface area contributed by atoms with Gasteiger partial charge in [0.2, 0.25) is 0 Å². The zero-order chi connectivity index (χ0) is 22.5. The number of hydrogen-bond acceptors (Lipinski definition) is 6. The number of imidazole rings is 1. The van der Waals surface area contributed by atoms with E-state index in [2.05, 4.69) is 14.8 Å². The van der Waals surface area contributed by atoms with E-state index >= 15 is 0 Å². The van der Waals surface area contributed by atoms with Gasteiger partial charge < -0.3 is 9.67 Å². The molecule has 3 N–H and O–H groups in total. The molecule has 4 heterocycles. The van der Waals surface area contributed by atoms with Crippen molar-refractivity contribution in [2.24, 2.45) is 0 Å². The Morgan fingerprint density at radius 3 is 2.72 bits per heavy atom. The topological polar surface area (TPSA) is 130 Å². The maximum atomic E-state index is 11.9. The number of aryl methyl sites for hydroxylation is 3. The first-order chi connectivity index (χ1) is 15.3. The Labute approximate surface area is 187 Å². The van der Waals surface area contributed by atoms with Gasteiger partial charge in [0.05, 0.1) is 47.5 Å². The highest BCUT2D eigenvalue weighted by Crippen LogP contribution is 2.49. The normalized spacial score (nSPS) is 23.8. The van der Waals surface area contributed by atoms with E-state index in [4.69, 9.17) is 4.98 Å². The Balaban J connectivity index is 1.62. The van der Waals surface area contributed by atoms with Crippen LogP contribution >= 0.6 is 10.6 Å². The van der Waals surface area contributed by atoms with Crippen LogP contribution in [0, 0.1) is 0 Å². The van der Waals surface area contributed by atoms with Crippen molar-refractivity contribution in [3.05, 3.63) is 35.9 Å². The Morgan fingerprint density at radius 1 is 1.22 bits per heavy atom. The molecule has 1 aromatic carbocycles. The van der Waals surface area contributed by atoms with Gasteiger partial charge in [0.1, 0.15) is 5.82 Å². The number of hydrogen-bond donors (Lipinski definition) is 3. The average Bonchev–Trinajstić information content (AvgIpc) is 3.38. The van der Waals surface area contributed by atoms with Gasteiger partial charge in [-0.3, -0.25) is 14.0 Å². The van der Waals surface area contributed by atoms with Crippen LogP contribution in [-0.2, 0) is 19.4 Å². The van der Waals surface area contributed by atoms with E-state index < -0.39 is 16.7 Å². The fourth-order valence-electron chi connectivity index (χ4n) is 5.11. The number of amides is 1. The quantitative estimate of drug-likeness (QED) is 0.540. The Morgan fingerprint density at radius 2 is 2.00 bits per heavy atom. The maximum Gasteiger partial charge on any atom is 0.412 e. The summed E-state index contributed by atoms with van der Waals surface area (Å²) < 4.78 is 23.0. The standard InChI is InChI=1S/C21H28N6O4S/c1-14-4-5-16-17(26(14)21(28)29)6-7-18-20(16)24-19(8-11-25-22-9-10-23-25)27(18)15-3-2-12-32(30,31)13-15/h6-7,9-10,14-15,30-31H,2-5,8,11-13H2,1H3,(H,28,29)/t14-,15?/m0/s1. The molecule has 2 aliphatic rings. The molecule has 1 fully saturated rings. The number of benzene rings is 1. The lowest BCUT2D eigenvalue weighted by atomic mass is 9.95. The SMILES string of the molecule is C[C@H]1CCc2c(ccc3c2nc(CCn2nccn2)n3C2CCCS(O)(O)C2)N1C(=O)O. The van der Waals surface area contributed by atoms with Gasteiger partial charge in [0.15, 0.2) is 0 Å². The highest BCUT2D eigenvalue weighted by molar-refractivity contribution is 8.24. The minimum absolute atomic E-state index is 0.0597. The predicted octanol–water partition coefficient (Wildman–Crippen LogP) is 3.78. The molecule has 0 aliphatic carbocycles. The second kappa shape index (κ2) is 8.05. The van der Waals surface area contributed by atoms with Gasteiger partial charge in [-0.15, -0.1) is 0 Å². The molecule has 3 aromatic rings. The average molecular weight is 461 g/mol. The number of fused-ring (bicyclic) bond motifs is 3. The second-order valence-corrected chi connectivity index (χ2v) is 11.1. The molecule has 172 valence electrons. The molecule has 2 aromatic heterocycles. The monoisotopic (exact) mass is 460 g/mol. The van der Waals surface area contributed by atoms with Gasteiger partial charge in [-0.1, -0.05) is 0 Å². The molecular weight excluding hydrogens is 432 g/mol. The Kier molecular flexibility index (Phi) is 5.34. The van der Waals surface area contributed by atoms with Crippen molar-refractivity contribution in [2.45, 2.75) is 57.7 Å². The number of carbonyl (C=O) groups is 1. The number of anilines is 1. The van der Waals surface area contributed by atoms with Crippen LogP contribution in [-0.4, -0.2) is 62.4 Å². The summed E-state index contributed by atoms with van der Waals surface area (Å²) in [5.41, 5.74) is 3.38. The van der Waals surface area contributed by atoms with Crippen molar-refractivity contribution in [1.29, 1.82) is 0 Å². The Bertz CT molecular complexity index is 1150. The summed E-state index contributed by atoms with van der Waals surface area (Å²) in [6.45, 7) is 2.48. The van der Waals surface area contributed by atoms with Gasteiger partial charge in [-0.2, -0.15) is 25.6 Å². The molecule has 2 atom stereocenters. The first kappa shape index (κ1) is 21.2. The number of nitrogens with zero attached hydrogens (tertiary/aromatic N) is 6. The van der Waals surface area contributed by atoms with Crippen LogP contribution in [0.15, 0.2) is 24.5 Å². The highest BCUT2D eigenvalue weighted by atomic mass is 32.3. The van der Waals surface area contributed by atoms with Crippen LogP contribution in [0.5, 0.6) is 0 Å². The molecule has 1 unspecified atom stereocenters. The van der Waals surface area contributed by atoms with E-state index in [0.29, 0.717) is 30.2 Å². The van der Waals surface area contributed by atoms with Gasteiger partial charge in [-0.25, -0.2) is 9.78 Å². The van der Waals surface area contributed by atoms with Crippen molar-refractivity contribution in [1.82, 2.24) is 24.5 Å². The fraction of sp³-hybridized carbons (Fsp3) is 0.524. The van der Waals surface area contributed by atoms with Crippen molar-refractivity contribution < 1.29 is 19.0 Å². The van der Waals surface area contributed by atoms with Crippen molar-refractivity contribution >= 4 is 33.4 Å². The zero-order valence-corrected chi connectivity index (χ0v) is 18.8. The molecule has 11 heteroatoms. The molecule has 0 spiro atoms. The van der Waals surface area contributed by atoms with Crippen molar-refractivity contribution in [2.75, 3.05) is 16.4 Å². The van der Waals surface area contributed by atoms with E-state index in [9.17, 15) is 19.0 Å². The van der Waals surface area contributed by atoms with Crippen molar-refractivity contribution in [3.63, 3.8) is 0 Å². The number of aromatic nitrogens is 5. The Hall–Kier alpha value is -2.63. The molecule has 1 saturated heterocycles. The number of carboxylic acid groups (broad SMARTS) is 1. The molecule has 1 amide bonds. The lowest BCUT2D eigenvalue weighted by molar-refractivity contribution is 0.198. The molecule has 32 heavy (non-hydrogen) atoms. The van der Waals surface area contributed by atoms with E-state index in [1.807, 2.05) is 19.1 Å². The molecular formula is C21H28N6O4S. The maximum absolute atomic E-state index is 11.9. The molecule has 0 radical (unpaired) electrons. The van der Waals surface area contributed by atoms with Crippen LogP contribution in [0.4, 0.5) is 10.5 Å². The van der Waals surface area contributed by atoms with Gasteiger partial charge in [0.25, 0.3) is 0 Å². The highest BCUT2D eigenvalue weighted by Gasteiger charge is 2.33. The third-order valence-electron chi connectivity index (χ3n) is 6.57. The summed E-state index contributed by atoms with van der Waals surface area (Å²) >= 11 is 0. The molecule has 2 aliphatic heterocycles. The summed E-state index contributed by atoms with van der Waals surface area (Å²) in [6.07, 6.45) is 6.01. The summed E-state index contributed by atoms with van der Waals surface area (Å²) in [5, 5.41) is 18.1. The first-order valence-corrected chi connectivity index (χ1v) is 12.8. The zero-order valence-electron chi connectivity index (χ0n) is 18.0. The lowest BCUT2D eigenvalue weighted by Crippen LogP contribution is -2.41. The summed E-state index contributed by atoms with van der Waals surface area (Å²) in [7, 11) is -2.61. The smallest absolute Gasteiger partial charge is 0.412 e. The van der Waals surface area contributed by atoms with E-state index in [1.54, 1.807) is 17.2 Å². The molecule has 0 saturated carbocycles. The van der Waals surface area contributed by atoms with E-state index in [1.165, 1.54) is 4.90 Å². The van der Waals surface area contributed by atoms with Gasteiger partial charge >= 0.3 is 6.09 Å². The molecule has 5 rings (SSSR count). The number of rotatable bonds is 4. The summed E-state index contributed by atoms with van der Waals surface area (Å²) in [6, 6.07) is 3.66. The van der Waals surface area contributed by atoms with Crippen molar-refractivity contribution in [3.8, 4) is 0 Å². The van der Waals surface area contributed by atoms with Crippen LogP contribution < -0.4 is 4.90 Å². The minimum atomic E-state index is -2.61. The molecule has 0 bridgehead atoms. The van der Waals surface area contributed by atoms with Crippen LogP contribution in [0.25, 0.3) is 11.0 Å². The predicted molar refractivity (Wildman–Crippen MR) is 123 cm³/mol. The molecule has 10 nitrogen and oxygen atoms in total. The summed E-state index contributed by atoms with van der Waals surface area (Å²) in [5.74, 6) is 1.61. The summed E-state index contributed by atoms with van der Waals surface area (Å²) in [4.78, 5) is 20.0. The third-order valence-corrected chi connectivity index (χ3v) is 8.43. The largest absolute Gasteiger partial charge is 0.465 e. The fourth-order valence-corrected chi connectivity index (χ4v) is 6.84. The van der Waals surface area contributed by atoms with E-state index in [-0.39, 0.29) is 12.1 Å². The van der Waals surface area contributed by atoms with Gasteiger partial charge in [0, 0.05) is 23.8 Å².